The van der Waals surface area contributed by atoms with Gasteiger partial charge in [0.25, 0.3) is 0 Å². The van der Waals surface area contributed by atoms with E-state index in [4.69, 9.17) is 0 Å². The van der Waals surface area contributed by atoms with Crippen LogP contribution in [0.2, 0.25) is 0 Å². The zero-order valence-corrected chi connectivity index (χ0v) is 6.83. The molecule has 0 amide bonds. The molecule has 0 aliphatic carbocycles. The zero-order chi connectivity index (χ0) is 8.39. The maximum Gasteiger partial charge on any atom is 0.161 e. The first-order chi connectivity index (χ1) is 5.84. The molecule has 0 saturated carbocycles. The topological polar surface area (TPSA) is 29.9 Å². The summed E-state index contributed by atoms with van der Waals surface area (Å²) in [5.41, 5.74) is 0. The van der Waals surface area contributed by atoms with Crippen molar-refractivity contribution in [1.29, 1.82) is 0 Å². The Morgan fingerprint density at radius 3 is 3.25 bits per heavy atom. The Balaban J connectivity index is 1.94. The van der Waals surface area contributed by atoms with Gasteiger partial charge in [-0.15, -0.1) is 0 Å². The maximum absolute atomic E-state index is 12.5. The van der Waals surface area contributed by atoms with Crippen molar-refractivity contribution in [2.24, 2.45) is 5.92 Å². The van der Waals surface area contributed by atoms with Gasteiger partial charge in [-0.1, -0.05) is 0 Å². The summed E-state index contributed by atoms with van der Waals surface area (Å²) in [6, 6.07) is 0. The lowest BCUT2D eigenvalue weighted by Crippen LogP contribution is -2.14. The van der Waals surface area contributed by atoms with Gasteiger partial charge < -0.3 is 5.32 Å². The summed E-state index contributed by atoms with van der Waals surface area (Å²) in [4.78, 5) is 0. The van der Waals surface area contributed by atoms with Crippen LogP contribution in [0.3, 0.4) is 0 Å². The molecule has 2 heterocycles. The number of halogens is 1. The van der Waals surface area contributed by atoms with Crippen LogP contribution in [-0.2, 0) is 6.54 Å². The molecule has 12 heavy (non-hydrogen) atoms. The summed E-state index contributed by atoms with van der Waals surface area (Å²) in [6.07, 6.45) is 3.86. The van der Waals surface area contributed by atoms with Crippen molar-refractivity contribution >= 4 is 0 Å². The highest BCUT2D eigenvalue weighted by Gasteiger charge is 2.14. The molecule has 1 saturated heterocycles. The third-order valence-corrected chi connectivity index (χ3v) is 2.21. The fourth-order valence-electron chi connectivity index (χ4n) is 1.57. The summed E-state index contributed by atoms with van der Waals surface area (Å²) < 4.78 is 14.2. The smallest absolute Gasteiger partial charge is 0.161 e. The lowest BCUT2D eigenvalue weighted by molar-refractivity contribution is 0.447. The molecule has 0 radical (unpaired) electrons. The van der Waals surface area contributed by atoms with Crippen molar-refractivity contribution in [3.05, 3.63) is 18.2 Å². The molecule has 0 unspecified atom stereocenters. The SMILES string of the molecule is Fc1cnn(C[C@@H]2CCNC2)c1. The summed E-state index contributed by atoms with van der Waals surface area (Å²) in [5, 5.41) is 7.16. The molecule has 1 N–H and O–H groups in total. The van der Waals surface area contributed by atoms with E-state index >= 15 is 0 Å². The molecule has 1 fully saturated rings. The number of hydrogen-bond acceptors (Lipinski definition) is 2. The van der Waals surface area contributed by atoms with Gasteiger partial charge in [0.2, 0.25) is 0 Å². The van der Waals surface area contributed by atoms with Gasteiger partial charge in [-0.2, -0.15) is 5.10 Å². The van der Waals surface area contributed by atoms with Gasteiger partial charge in [0, 0.05) is 6.54 Å². The third-order valence-electron chi connectivity index (χ3n) is 2.21. The Morgan fingerprint density at radius 2 is 2.67 bits per heavy atom. The molecule has 1 aromatic heterocycles. The minimum absolute atomic E-state index is 0.249. The minimum Gasteiger partial charge on any atom is -0.316 e. The van der Waals surface area contributed by atoms with Crippen LogP contribution in [0.5, 0.6) is 0 Å². The highest BCUT2D eigenvalue weighted by molar-refractivity contribution is 4.84. The first kappa shape index (κ1) is 7.73. The van der Waals surface area contributed by atoms with Crippen molar-refractivity contribution in [3.8, 4) is 0 Å². The molecule has 0 bridgehead atoms. The fraction of sp³-hybridized carbons (Fsp3) is 0.625. The van der Waals surface area contributed by atoms with E-state index < -0.39 is 0 Å². The molecule has 1 aliphatic rings. The molecule has 1 aliphatic heterocycles. The van der Waals surface area contributed by atoms with E-state index in [2.05, 4.69) is 10.4 Å². The number of hydrogen-bond donors (Lipinski definition) is 1. The molecule has 1 aromatic rings. The van der Waals surface area contributed by atoms with Gasteiger partial charge in [0.1, 0.15) is 0 Å². The monoisotopic (exact) mass is 169 g/mol. The van der Waals surface area contributed by atoms with Gasteiger partial charge in [-0.25, -0.2) is 4.39 Å². The highest BCUT2D eigenvalue weighted by atomic mass is 19.1. The first-order valence-electron chi connectivity index (χ1n) is 4.23. The third kappa shape index (κ3) is 1.64. The summed E-state index contributed by atoms with van der Waals surface area (Å²) in [5.74, 6) is 0.366. The van der Waals surface area contributed by atoms with E-state index in [1.807, 2.05) is 0 Å². The molecule has 0 spiro atoms. The Kier molecular flexibility index (Phi) is 2.08. The molecule has 2 rings (SSSR count). The second-order valence-corrected chi connectivity index (χ2v) is 3.24. The van der Waals surface area contributed by atoms with Gasteiger partial charge in [0.05, 0.1) is 12.4 Å². The Bertz CT molecular complexity index is 253. The van der Waals surface area contributed by atoms with Crippen molar-refractivity contribution in [2.75, 3.05) is 13.1 Å². The van der Waals surface area contributed by atoms with Crippen molar-refractivity contribution in [1.82, 2.24) is 15.1 Å². The standard InChI is InChI=1S/C8H12FN3/c9-8-4-11-12(6-8)5-7-1-2-10-3-7/h4,6-7,10H,1-3,5H2/t7-/m1/s1. The Hall–Kier alpha value is -0.900. The van der Waals surface area contributed by atoms with Crippen LogP contribution in [0, 0.1) is 11.7 Å². The van der Waals surface area contributed by atoms with Gasteiger partial charge >= 0.3 is 0 Å². The first-order valence-corrected chi connectivity index (χ1v) is 4.23. The maximum atomic E-state index is 12.5. The predicted octanol–water partition coefficient (Wildman–Crippen LogP) is 0.632. The minimum atomic E-state index is -0.249. The Morgan fingerprint density at radius 1 is 1.75 bits per heavy atom. The molecule has 0 aromatic carbocycles. The zero-order valence-electron chi connectivity index (χ0n) is 6.83. The second-order valence-electron chi connectivity index (χ2n) is 3.24. The average molecular weight is 169 g/mol. The molecule has 4 heteroatoms. The molecule has 66 valence electrons. The number of nitrogens with zero attached hydrogens (tertiary/aromatic N) is 2. The highest BCUT2D eigenvalue weighted by Crippen LogP contribution is 2.09. The van der Waals surface area contributed by atoms with Crippen LogP contribution in [0.25, 0.3) is 0 Å². The second kappa shape index (κ2) is 3.23. The number of nitrogens with one attached hydrogen (secondary N) is 1. The van der Waals surface area contributed by atoms with E-state index in [1.54, 1.807) is 4.68 Å². The van der Waals surface area contributed by atoms with Crippen molar-refractivity contribution in [3.63, 3.8) is 0 Å². The van der Waals surface area contributed by atoms with Crippen LogP contribution in [0.1, 0.15) is 6.42 Å². The normalized spacial score (nSPS) is 23.2. The average Bonchev–Trinajstić information content (AvgIpc) is 2.63. The van der Waals surface area contributed by atoms with Crippen molar-refractivity contribution in [2.45, 2.75) is 13.0 Å². The van der Waals surface area contributed by atoms with Gasteiger partial charge in [0.15, 0.2) is 5.82 Å². The van der Waals surface area contributed by atoms with E-state index in [1.165, 1.54) is 18.8 Å². The van der Waals surface area contributed by atoms with Crippen LogP contribution in [0.15, 0.2) is 12.4 Å². The summed E-state index contributed by atoms with van der Waals surface area (Å²) in [6.45, 7) is 2.94. The predicted molar refractivity (Wildman–Crippen MR) is 43.2 cm³/mol. The van der Waals surface area contributed by atoms with Gasteiger partial charge in [-0.05, 0) is 25.4 Å². The Labute approximate surface area is 70.6 Å². The quantitative estimate of drug-likeness (QED) is 0.703. The van der Waals surface area contributed by atoms with E-state index in [0.29, 0.717) is 5.92 Å². The molecular formula is C8H12FN3. The number of rotatable bonds is 2. The van der Waals surface area contributed by atoms with E-state index in [-0.39, 0.29) is 5.82 Å². The van der Waals surface area contributed by atoms with Crippen LogP contribution in [0.4, 0.5) is 4.39 Å². The van der Waals surface area contributed by atoms with Crippen molar-refractivity contribution < 1.29 is 4.39 Å². The van der Waals surface area contributed by atoms with E-state index in [0.717, 1.165) is 19.6 Å². The lowest BCUT2D eigenvalue weighted by Gasteiger charge is -2.06. The largest absolute Gasteiger partial charge is 0.316 e. The molecular weight excluding hydrogens is 157 g/mol. The van der Waals surface area contributed by atoms with Crippen LogP contribution in [-0.4, -0.2) is 22.9 Å². The number of aromatic nitrogens is 2. The fourth-order valence-corrected chi connectivity index (χ4v) is 1.57. The summed E-state index contributed by atoms with van der Waals surface area (Å²) in [7, 11) is 0. The molecule has 1 atom stereocenters. The van der Waals surface area contributed by atoms with Crippen LogP contribution < -0.4 is 5.32 Å². The lowest BCUT2D eigenvalue weighted by atomic mass is 10.1. The van der Waals surface area contributed by atoms with Gasteiger partial charge in [-0.3, -0.25) is 4.68 Å². The molecule has 3 nitrogen and oxygen atoms in total. The van der Waals surface area contributed by atoms with E-state index in [9.17, 15) is 4.39 Å². The summed E-state index contributed by atoms with van der Waals surface area (Å²) >= 11 is 0. The van der Waals surface area contributed by atoms with Crippen LogP contribution >= 0.6 is 0 Å².